The number of nitrogens with two attached hydrogens (primary N) is 1. The molecule has 1 heterocycles. The molecule has 0 spiro atoms. The second-order valence-corrected chi connectivity index (χ2v) is 4.63. The predicted molar refractivity (Wildman–Crippen MR) is 74.2 cm³/mol. The van der Waals surface area contributed by atoms with Crippen LogP contribution in [0.15, 0.2) is 12.1 Å². The number of benzene rings is 1. The molecule has 0 saturated carbocycles. The number of rotatable bonds is 5. The summed E-state index contributed by atoms with van der Waals surface area (Å²) in [4.78, 5) is 11.4. The molecule has 0 bridgehead atoms. The van der Waals surface area contributed by atoms with Crippen molar-refractivity contribution in [2.45, 2.75) is 18.9 Å². The minimum atomic E-state index is -0.602. The summed E-state index contributed by atoms with van der Waals surface area (Å²) < 4.78 is 4.85. The molecule has 1 aromatic carbocycles. The molecule has 104 valence electrons. The summed E-state index contributed by atoms with van der Waals surface area (Å²) in [7, 11) is 1.53. The summed E-state index contributed by atoms with van der Waals surface area (Å²) in [6.45, 7) is 0.597. The number of anilines is 3. The van der Waals surface area contributed by atoms with Gasteiger partial charge >= 0.3 is 0 Å². The predicted octanol–water partition coefficient (Wildman–Crippen LogP) is 0.573. The van der Waals surface area contributed by atoms with E-state index in [0.29, 0.717) is 30.8 Å². The maximum absolute atomic E-state index is 11.4. The van der Waals surface area contributed by atoms with Crippen molar-refractivity contribution in [1.82, 2.24) is 0 Å². The van der Waals surface area contributed by atoms with Crippen molar-refractivity contribution in [2.24, 2.45) is 0 Å². The molecule has 19 heavy (non-hydrogen) atoms. The first-order chi connectivity index (χ1) is 9.10. The topological polar surface area (TPSA) is 96.6 Å². The number of carbonyl (C=O) groups excluding carboxylic acids is 1. The van der Waals surface area contributed by atoms with Crippen LogP contribution in [-0.4, -0.2) is 37.4 Å². The van der Waals surface area contributed by atoms with E-state index in [-0.39, 0.29) is 12.5 Å². The maximum atomic E-state index is 11.4. The number of methoxy groups -OCH3 is 1. The second kappa shape index (κ2) is 5.90. The zero-order chi connectivity index (χ0) is 13.8. The second-order valence-electron chi connectivity index (χ2n) is 4.63. The van der Waals surface area contributed by atoms with Crippen LogP contribution in [0.5, 0.6) is 0 Å². The standard InChI is InChI=1S/C13H19N3O3/c1-19-7-9(17)6-15-12-5-11-8(4-10(12)14)2-3-13(18)16-11/h4-5,9,15,17H,2-3,6-7,14H2,1H3,(H,16,18). The van der Waals surface area contributed by atoms with Crippen molar-refractivity contribution in [3.8, 4) is 0 Å². The van der Waals surface area contributed by atoms with Gasteiger partial charge in [-0.05, 0) is 24.1 Å². The van der Waals surface area contributed by atoms with Crippen molar-refractivity contribution in [2.75, 3.05) is 36.6 Å². The van der Waals surface area contributed by atoms with E-state index in [4.69, 9.17) is 10.5 Å². The molecule has 6 nitrogen and oxygen atoms in total. The van der Waals surface area contributed by atoms with Crippen LogP contribution in [0.25, 0.3) is 0 Å². The lowest BCUT2D eigenvalue weighted by Crippen LogP contribution is -2.25. The highest BCUT2D eigenvalue weighted by atomic mass is 16.5. The molecule has 0 radical (unpaired) electrons. The first-order valence-corrected chi connectivity index (χ1v) is 6.23. The van der Waals surface area contributed by atoms with Crippen LogP contribution in [0.1, 0.15) is 12.0 Å². The van der Waals surface area contributed by atoms with Crippen LogP contribution in [0.2, 0.25) is 0 Å². The molecule has 2 rings (SSSR count). The lowest BCUT2D eigenvalue weighted by molar-refractivity contribution is -0.116. The average Bonchev–Trinajstić information content (AvgIpc) is 2.37. The number of carbonyl (C=O) groups is 1. The molecule has 0 aliphatic carbocycles. The van der Waals surface area contributed by atoms with E-state index in [2.05, 4.69) is 10.6 Å². The third kappa shape index (κ3) is 3.36. The number of hydrogen-bond donors (Lipinski definition) is 4. The summed E-state index contributed by atoms with van der Waals surface area (Å²) in [5.41, 5.74) is 9.09. The zero-order valence-corrected chi connectivity index (χ0v) is 10.9. The number of hydrogen-bond acceptors (Lipinski definition) is 5. The number of fused-ring (bicyclic) bond motifs is 1. The number of nitrogens with one attached hydrogen (secondary N) is 2. The summed E-state index contributed by atoms with van der Waals surface area (Å²) in [6, 6.07) is 3.67. The first-order valence-electron chi connectivity index (χ1n) is 6.23. The number of aliphatic hydroxyl groups excluding tert-OH is 1. The van der Waals surface area contributed by atoms with Gasteiger partial charge in [0.2, 0.25) is 5.91 Å². The lowest BCUT2D eigenvalue weighted by atomic mass is 10.0. The minimum Gasteiger partial charge on any atom is -0.397 e. The Morgan fingerprint density at radius 3 is 3.05 bits per heavy atom. The molecular weight excluding hydrogens is 246 g/mol. The zero-order valence-electron chi connectivity index (χ0n) is 10.9. The molecule has 1 aliphatic heterocycles. The van der Waals surface area contributed by atoms with Gasteiger partial charge in [0.05, 0.1) is 24.1 Å². The maximum Gasteiger partial charge on any atom is 0.224 e. The molecule has 1 unspecified atom stereocenters. The molecular formula is C13H19N3O3. The molecule has 1 aliphatic rings. The summed E-state index contributed by atoms with van der Waals surface area (Å²) in [5, 5.41) is 15.5. The minimum absolute atomic E-state index is 0.0163. The van der Waals surface area contributed by atoms with Crippen molar-refractivity contribution in [1.29, 1.82) is 0 Å². The van der Waals surface area contributed by atoms with E-state index in [1.807, 2.05) is 6.07 Å². The highest BCUT2D eigenvalue weighted by Crippen LogP contribution is 2.30. The Labute approximate surface area is 111 Å². The van der Waals surface area contributed by atoms with E-state index in [1.165, 1.54) is 7.11 Å². The van der Waals surface area contributed by atoms with E-state index in [1.54, 1.807) is 6.07 Å². The third-order valence-corrected chi connectivity index (χ3v) is 3.06. The molecule has 6 heteroatoms. The van der Waals surface area contributed by atoms with Crippen LogP contribution >= 0.6 is 0 Å². The summed E-state index contributed by atoms with van der Waals surface area (Å²) >= 11 is 0. The van der Waals surface area contributed by atoms with Crippen LogP contribution in [0, 0.1) is 0 Å². The number of aryl methyl sites for hydroxylation is 1. The normalized spacial score (nSPS) is 15.6. The van der Waals surface area contributed by atoms with Crippen LogP contribution in [0.3, 0.4) is 0 Å². The van der Waals surface area contributed by atoms with Gasteiger partial charge in [-0.3, -0.25) is 4.79 Å². The van der Waals surface area contributed by atoms with Gasteiger partial charge in [0.25, 0.3) is 0 Å². The first kappa shape index (κ1) is 13.6. The number of nitrogen functional groups attached to an aromatic ring is 1. The summed E-state index contributed by atoms with van der Waals surface area (Å²) in [6.07, 6.45) is 0.596. The van der Waals surface area contributed by atoms with Crippen molar-refractivity contribution < 1.29 is 14.6 Å². The Morgan fingerprint density at radius 1 is 1.53 bits per heavy atom. The quantitative estimate of drug-likeness (QED) is 0.584. The molecule has 0 aromatic heterocycles. The van der Waals surface area contributed by atoms with Gasteiger partial charge in [-0.25, -0.2) is 0 Å². The van der Waals surface area contributed by atoms with E-state index in [9.17, 15) is 9.90 Å². The van der Waals surface area contributed by atoms with Crippen molar-refractivity contribution >= 4 is 23.0 Å². The Morgan fingerprint density at radius 2 is 2.32 bits per heavy atom. The fourth-order valence-electron chi connectivity index (χ4n) is 2.08. The largest absolute Gasteiger partial charge is 0.397 e. The monoisotopic (exact) mass is 265 g/mol. The van der Waals surface area contributed by atoms with E-state index < -0.39 is 6.10 Å². The van der Waals surface area contributed by atoms with Crippen LogP contribution in [-0.2, 0) is 16.0 Å². The van der Waals surface area contributed by atoms with E-state index in [0.717, 1.165) is 11.3 Å². The highest BCUT2D eigenvalue weighted by molar-refractivity contribution is 5.95. The van der Waals surface area contributed by atoms with Crippen molar-refractivity contribution in [3.05, 3.63) is 17.7 Å². The third-order valence-electron chi connectivity index (χ3n) is 3.06. The van der Waals surface area contributed by atoms with Gasteiger partial charge in [0.1, 0.15) is 0 Å². The molecule has 1 amide bonds. The number of ether oxygens (including phenoxy) is 1. The van der Waals surface area contributed by atoms with Crippen molar-refractivity contribution in [3.63, 3.8) is 0 Å². The number of amides is 1. The van der Waals surface area contributed by atoms with Gasteiger partial charge in [-0.2, -0.15) is 0 Å². The molecule has 0 fully saturated rings. The molecule has 5 N–H and O–H groups in total. The fraction of sp³-hybridized carbons (Fsp3) is 0.462. The fourth-order valence-corrected chi connectivity index (χ4v) is 2.08. The van der Waals surface area contributed by atoms with Gasteiger partial charge in [-0.1, -0.05) is 0 Å². The van der Waals surface area contributed by atoms with Crippen LogP contribution < -0.4 is 16.4 Å². The highest BCUT2D eigenvalue weighted by Gasteiger charge is 2.16. The Hall–Kier alpha value is -1.79. The SMILES string of the molecule is COCC(O)CNc1cc2c(cc1N)CCC(=O)N2. The Kier molecular flexibility index (Phi) is 4.24. The number of aliphatic hydroxyl groups is 1. The Balaban J connectivity index is 2.08. The summed E-state index contributed by atoms with van der Waals surface area (Å²) in [5.74, 6) is 0.0163. The molecule has 1 atom stereocenters. The van der Waals surface area contributed by atoms with Gasteiger partial charge in [0, 0.05) is 25.8 Å². The van der Waals surface area contributed by atoms with Gasteiger partial charge in [0.15, 0.2) is 0 Å². The van der Waals surface area contributed by atoms with Gasteiger partial charge < -0.3 is 26.2 Å². The Bertz CT molecular complexity index is 476. The van der Waals surface area contributed by atoms with E-state index >= 15 is 0 Å². The average molecular weight is 265 g/mol. The lowest BCUT2D eigenvalue weighted by Gasteiger charge is -2.20. The smallest absolute Gasteiger partial charge is 0.224 e. The molecule has 0 saturated heterocycles. The van der Waals surface area contributed by atoms with Gasteiger partial charge in [-0.15, -0.1) is 0 Å². The van der Waals surface area contributed by atoms with Crippen LogP contribution in [0.4, 0.5) is 17.1 Å². The molecule has 1 aromatic rings.